The first-order valence-electron chi connectivity index (χ1n) is 5.57. The molecule has 0 aliphatic heterocycles. The van der Waals surface area contributed by atoms with E-state index in [9.17, 15) is 13.6 Å². The Morgan fingerprint density at radius 2 is 1.74 bits per heavy atom. The first-order chi connectivity index (χ1) is 8.99. The zero-order valence-electron chi connectivity index (χ0n) is 10.2. The van der Waals surface area contributed by atoms with Gasteiger partial charge in [0.05, 0.1) is 5.69 Å². The number of rotatable bonds is 2. The third-order valence-corrected chi connectivity index (χ3v) is 2.77. The minimum Gasteiger partial charge on any atom is -0.396 e. The molecule has 19 heavy (non-hydrogen) atoms. The van der Waals surface area contributed by atoms with Crippen molar-refractivity contribution in [3.63, 3.8) is 0 Å². The molecular weight excluding hydrogens is 250 g/mol. The second-order valence-electron chi connectivity index (χ2n) is 4.08. The van der Waals surface area contributed by atoms with Crippen molar-refractivity contribution in [1.82, 2.24) is 0 Å². The first-order valence-corrected chi connectivity index (χ1v) is 5.57. The number of carbonyl (C=O) groups is 1. The molecule has 2 rings (SSSR count). The fourth-order valence-corrected chi connectivity index (χ4v) is 1.64. The van der Waals surface area contributed by atoms with Gasteiger partial charge in [0.1, 0.15) is 11.6 Å². The van der Waals surface area contributed by atoms with Gasteiger partial charge in [-0.2, -0.15) is 0 Å². The number of nitrogens with zero attached hydrogens (tertiary/aromatic N) is 1. The van der Waals surface area contributed by atoms with Gasteiger partial charge in [0.15, 0.2) is 0 Å². The second kappa shape index (κ2) is 5.06. The van der Waals surface area contributed by atoms with Crippen LogP contribution in [0.3, 0.4) is 0 Å². The Morgan fingerprint density at radius 3 is 2.32 bits per heavy atom. The maximum atomic E-state index is 13.3. The quantitative estimate of drug-likeness (QED) is 0.846. The zero-order chi connectivity index (χ0) is 14.0. The van der Waals surface area contributed by atoms with E-state index in [1.54, 1.807) is 0 Å². The van der Waals surface area contributed by atoms with Gasteiger partial charge in [-0.1, -0.05) is 0 Å². The van der Waals surface area contributed by atoms with E-state index < -0.39 is 11.7 Å². The Kier molecular flexibility index (Phi) is 3.46. The fraction of sp³-hybridized carbons (Fsp3) is 0.0714. The van der Waals surface area contributed by atoms with E-state index in [0.717, 1.165) is 6.07 Å². The van der Waals surface area contributed by atoms with Crippen LogP contribution < -0.4 is 10.6 Å². The first kappa shape index (κ1) is 13.0. The molecule has 2 aromatic carbocycles. The van der Waals surface area contributed by atoms with Crippen LogP contribution in [0.25, 0.3) is 0 Å². The molecule has 0 radical (unpaired) electrons. The smallest absolute Gasteiger partial charge is 0.258 e. The third kappa shape index (κ3) is 2.70. The van der Waals surface area contributed by atoms with Gasteiger partial charge < -0.3 is 10.6 Å². The highest BCUT2D eigenvalue weighted by molar-refractivity contribution is 6.05. The van der Waals surface area contributed by atoms with Gasteiger partial charge in [0.25, 0.3) is 5.91 Å². The fourth-order valence-electron chi connectivity index (χ4n) is 1.64. The second-order valence-corrected chi connectivity index (χ2v) is 4.08. The van der Waals surface area contributed by atoms with E-state index in [1.165, 1.54) is 48.3 Å². The zero-order valence-corrected chi connectivity index (χ0v) is 10.2. The summed E-state index contributed by atoms with van der Waals surface area (Å²) in [6, 6.07) is 9.31. The van der Waals surface area contributed by atoms with Crippen LogP contribution in [0.1, 0.15) is 10.4 Å². The van der Waals surface area contributed by atoms with Gasteiger partial charge in [-0.3, -0.25) is 4.79 Å². The Hall–Kier alpha value is -2.43. The highest BCUT2D eigenvalue weighted by atomic mass is 19.1. The number of halogens is 2. The van der Waals surface area contributed by atoms with Gasteiger partial charge in [0.2, 0.25) is 0 Å². The Labute approximate surface area is 109 Å². The molecule has 0 aliphatic carbocycles. The Morgan fingerprint density at radius 1 is 1.11 bits per heavy atom. The number of nitrogens with two attached hydrogens (primary N) is 1. The summed E-state index contributed by atoms with van der Waals surface area (Å²) in [4.78, 5) is 13.4. The van der Waals surface area contributed by atoms with Crippen LogP contribution >= 0.6 is 0 Å². The monoisotopic (exact) mass is 262 g/mol. The van der Waals surface area contributed by atoms with Gasteiger partial charge in [-0.05, 0) is 42.5 Å². The summed E-state index contributed by atoms with van der Waals surface area (Å²) in [6.07, 6.45) is 0. The molecule has 1 amide bonds. The summed E-state index contributed by atoms with van der Waals surface area (Å²) < 4.78 is 26.1. The highest BCUT2D eigenvalue weighted by Gasteiger charge is 2.14. The molecule has 0 saturated carbocycles. The lowest BCUT2D eigenvalue weighted by molar-refractivity contribution is 0.0992. The lowest BCUT2D eigenvalue weighted by Gasteiger charge is -2.17. The van der Waals surface area contributed by atoms with Crippen LogP contribution in [0, 0.1) is 11.6 Å². The summed E-state index contributed by atoms with van der Waals surface area (Å²) in [7, 11) is 1.53. The molecule has 0 bridgehead atoms. The Balaban J connectivity index is 2.28. The molecule has 0 aliphatic rings. The Bertz CT molecular complexity index is 611. The van der Waals surface area contributed by atoms with Crippen molar-refractivity contribution in [2.24, 2.45) is 0 Å². The molecule has 0 saturated heterocycles. The van der Waals surface area contributed by atoms with Crippen molar-refractivity contribution in [2.45, 2.75) is 0 Å². The van der Waals surface area contributed by atoms with Crippen molar-refractivity contribution in [3.8, 4) is 0 Å². The largest absolute Gasteiger partial charge is 0.396 e. The van der Waals surface area contributed by atoms with Crippen molar-refractivity contribution in [3.05, 3.63) is 59.7 Å². The molecular formula is C14H12F2N2O. The van der Waals surface area contributed by atoms with Crippen LogP contribution in [0.5, 0.6) is 0 Å². The van der Waals surface area contributed by atoms with Crippen LogP contribution in [0.4, 0.5) is 20.2 Å². The van der Waals surface area contributed by atoms with E-state index >= 15 is 0 Å². The summed E-state index contributed by atoms with van der Waals surface area (Å²) in [6.45, 7) is 0. The minimum atomic E-state index is -0.640. The van der Waals surface area contributed by atoms with Crippen LogP contribution in [0.2, 0.25) is 0 Å². The summed E-state index contributed by atoms with van der Waals surface area (Å²) in [5.41, 5.74) is 6.03. The van der Waals surface area contributed by atoms with Gasteiger partial charge in [-0.15, -0.1) is 0 Å². The van der Waals surface area contributed by atoms with E-state index in [1.807, 2.05) is 0 Å². The van der Waals surface area contributed by atoms with Crippen molar-refractivity contribution in [1.29, 1.82) is 0 Å². The third-order valence-electron chi connectivity index (χ3n) is 2.77. The maximum Gasteiger partial charge on any atom is 0.258 e. The van der Waals surface area contributed by atoms with Gasteiger partial charge >= 0.3 is 0 Å². The molecule has 2 N–H and O–H groups in total. The normalized spacial score (nSPS) is 10.3. The van der Waals surface area contributed by atoms with Gasteiger partial charge in [-0.25, -0.2) is 8.78 Å². The van der Waals surface area contributed by atoms with Crippen molar-refractivity contribution < 1.29 is 13.6 Å². The molecule has 0 atom stereocenters. The molecule has 98 valence electrons. The molecule has 0 spiro atoms. The molecule has 3 nitrogen and oxygen atoms in total. The van der Waals surface area contributed by atoms with Crippen LogP contribution in [-0.4, -0.2) is 13.0 Å². The van der Waals surface area contributed by atoms with Gasteiger partial charge in [0, 0.05) is 18.3 Å². The average molecular weight is 262 g/mol. The number of benzene rings is 2. The van der Waals surface area contributed by atoms with Crippen molar-refractivity contribution >= 4 is 17.3 Å². The number of carbonyl (C=O) groups excluding carboxylic acids is 1. The van der Waals surface area contributed by atoms with E-state index in [-0.39, 0.29) is 17.1 Å². The molecule has 0 fully saturated rings. The maximum absolute atomic E-state index is 13.3. The molecule has 0 aromatic heterocycles. The summed E-state index contributed by atoms with van der Waals surface area (Å²) >= 11 is 0. The lowest BCUT2D eigenvalue weighted by atomic mass is 10.1. The van der Waals surface area contributed by atoms with E-state index in [0.29, 0.717) is 5.69 Å². The summed E-state index contributed by atoms with van der Waals surface area (Å²) in [5.74, 6) is -1.42. The number of anilines is 2. The average Bonchev–Trinajstić information content (AvgIpc) is 2.41. The predicted molar refractivity (Wildman–Crippen MR) is 69.9 cm³/mol. The van der Waals surface area contributed by atoms with Crippen LogP contribution in [-0.2, 0) is 0 Å². The number of hydrogen-bond acceptors (Lipinski definition) is 2. The standard InChI is InChI=1S/C14H12F2N2O/c1-18(11-5-3-10(15)4-6-11)14(19)9-2-7-13(17)12(16)8-9/h2-8H,17H2,1H3. The topological polar surface area (TPSA) is 46.3 Å². The van der Waals surface area contributed by atoms with Crippen LogP contribution in [0.15, 0.2) is 42.5 Å². The van der Waals surface area contributed by atoms with Crippen molar-refractivity contribution in [2.75, 3.05) is 17.7 Å². The predicted octanol–water partition coefficient (Wildman–Crippen LogP) is 2.82. The summed E-state index contributed by atoms with van der Waals surface area (Å²) in [5, 5.41) is 0. The molecule has 2 aromatic rings. The van der Waals surface area contributed by atoms with E-state index in [4.69, 9.17) is 5.73 Å². The lowest BCUT2D eigenvalue weighted by Crippen LogP contribution is -2.26. The SMILES string of the molecule is CN(C(=O)c1ccc(N)c(F)c1)c1ccc(F)cc1. The highest BCUT2D eigenvalue weighted by Crippen LogP contribution is 2.18. The number of hydrogen-bond donors (Lipinski definition) is 1. The number of amides is 1. The molecule has 0 heterocycles. The number of nitrogen functional groups attached to an aromatic ring is 1. The molecule has 0 unspecified atom stereocenters. The van der Waals surface area contributed by atoms with E-state index in [2.05, 4.69) is 0 Å². The minimum absolute atomic E-state index is 0.0130. The molecule has 5 heteroatoms.